The van der Waals surface area contributed by atoms with Gasteiger partial charge in [-0.05, 0) is 18.5 Å². The lowest BCUT2D eigenvalue weighted by Crippen LogP contribution is -2.28. The maximum Gasteiger partial charge on any atom is 0.144 e. The van der Waals surface area contributed by atoms with Gasteiger partial charge in [-0.1, -0.05) is 33.3 Å². The molecule has 17 heavy (non-hydrogen) atoms. The topological polar surface area (TPSA) is 39.9 Å². The second-order valence-corrected chi connectivity index (χ2v) is 4.46. The lowest BCUT2D eigenvalue weighted by molar-refractivity contribution is 0.237. The molecule has 0 radical (unpaired) electrons. The Hall–Kier alpha value is -1.40. The summed E-state index contributed by atoms with van der Waals surface area (Å²) in [5.74, 6) is 0.692. The average Bonchev–Trinajstić information content (AvgIpc) is 2.38. The highest BCUT2D eigenvalue weighted by atomic mass is 15.1. The highest BCUT2D eigenvalue weighted by Gasteiger charge is 2.10. The van der Waals surface area contributed by atoms with Crippen molar-refractivity contribution in [2.45, 2.75) is 33.7 Å². The van der Waals surface area contributed by atoms with Gasteiger partial charge in [-0.3, -0.25) is 4.90 Å². The summed E-state index contributed by atoms with van der Waals surface area (Å²) < 4.78 is 0. The standard InChI is InChI=1S/C14H21N3/c1-4-12(3)10-17(5-2)11-13-7-6-8-16-14(13)9-15/h6-8,12H,4-5,10-11H2,1-3H3. The smallest absolute Gasteiger partial charge is 0.144 e. The van der Waals surface area contributed by atoms with E-state index in [4.69, 9.17) is 5.26 Å². The molecule has 0 bridgehead atoms. The van der Waals surface area contributed by atoms with Crippen LogP contribution in [0.15, 0.2) is 18.3 Å². The number of nitrogens with zero attached hydrogens (tertiary/aromatic N) is 3. The molecule has 0 aliphatic carbocycles. The van der Waals surface area contributed by atoms with E-state index < -0.39 is 0 Å². The molecule has 0 fully saturated rings. The Balaban J connectivity index is 2.71. The molecule has 1 aromatic heterocycles. The molecular weight excluding hydrogens is 210 g/mol. The Morgan fingerprint density at radius 1 is 1.47 bits per heavy atom. The Morgan fingerprint density at radius 2 is 2.24 bits per heavy atom. The zero-order valence-electron chi connectivity index (χ0n) is 11.0. The van der Waals surface area contributed by atoms with E-state index in [0.29, 0.717) is 11.6 Å². The Morgan fingerprint density at radius 3 is 2.82 bits per heavy atom. The normalized spacial score (nSPS) is 12.4. The van der Waals surface area contributed by atoms with Gasteiger partial charge < -0.3 is 0 Å². The maximum atomic E-state index is 9.00. The molecule has 0 aromatic carbocycles. The van der Waals surface area contributed by atoms with E-state index in [1.165, 1.54) is 6.42 Å². The van der Waals surface area contributed by atoms with Gasteiger partial charge in [0.05, 0.1) is 0 Å². The van der Waals surface area contributed by atoms with Gasteiger partial charge in [-0.15, -0.1) is 0 Å². The minimum atomic E-state index is 0.551. The van der Waals surface area contributed by atoms with E-state index in [1.807, 2.05) is 12.1 Å². The molecule has 0 saturated carbocycles. The third kappa shape index (κ3) is 4.16. The largest absolute Gasteiger partial charge is 0.299 e. The van der Waals surface area contributed by atoms with Crippen molar-refractivity contribution in [1.82, 2.24) is 9.88 Å². The first-order chi connectivity index (χ1) is 8.21. The highest BCUT2D eigenvalue weighted by Crippen LogP contribution is 2.11. The van der Waals surface area contributed by atoms with Gasteiger partial charge in [-0.25, -0.2) is 4.98 Å². The molecule has 1 rings (SSSR count). The van der Waals surface area contributed by atoms with Crippen LogP contribution >= 0.6 is 0 Å². The van der Waals surface area contributed by atoms with E-state index in [1.54, 1.807) is 6.20 Å². The molecule has 1 heterocycles. The molecule has 1 unspecified atom stereocenters. The van der Waals surface area contributed by atoms with E-state index in [2.05, 4.69) is 36.7 Å². The number of pyridine rings is 1. The minimum Gasteiger partial charge on any atom is -0.299 e. The second-order valence-electron chi connectivity index (χ2n) is 4.46. The first-order valence-corrected chi connectivity index (χ1v) is 6.27. The molecule has 0 aliphatic heterocycles. The van der Waals surface area contributed by atoms with Crippen molar-refractivity contribution in [3.8, 4) is 6.07 Å². The highest BCUT2D eigenvalue weighted by molar-refractivity contribution is 5.30. The third-order valence-electron chi connectivity index (χ3n) is 3.11. The van der Waals surface area contributed by atoms with Gasteiger partial charge >= 0.3 is 0 Å². The second kappa shape index (κ2) is 7.03. The van der Waals surface area contributed by atoms with Crippen molar-refractivity contribution in [2.75, 3.05) is 13.1 Å². The van der Waals surface area contributed by atoms with Gasteiger partial charge in [0.25, 0.3) is 0 Å². The lowest BCUT2D eigenvalue weighted by atomic mass is 10.1. The SMILES string of the molecule is CCC(C)CN(CC)Cc1cccnc1C#N. The number of rotatable bonds is 6. The van der Waals surface area contributed by atoms with Crippen LogP contribution in [0.1, 0.15) is 38.4 Å². The first-order valence-electron chi connectivity index (χ1n) is 6.27. The van der Waals surface area contributed by atoms with Crippen LogP contribution in [0.25, 0.3) is 0 Å². The van der Waals surface area contributed by atoms with Crippen molar-refractivity contribution >= 4 is 0 Å². The molecule has 0 spiro atoms. The van der Waals surface area contributed by atoms with E-state index in [9.17, 15) is 0 Å². The first kappa shape index (κ1) is 13.7. The zero-order valence-corrected chi connectivity index (χ0v) is 11.0. The van der Waals surface area contributed by atoms with Crippen LogP contribution in [0.3, 0.4) is 0 Å². The van der Waals surface area contributed by atoms with Crippen LogP contribution in [-0.4, -0.2) is 23.0 Å². The molecule has 0 N–H and O–H groups in total. The predicted octanol–water partition coefficient (Wildman–Crippen LogP) is 2.82. The molecule has 1 atom stereocenters. The summed E-state index contributed by atoms with van der Waals surface area (Å²) in [5.41, 5.74) is 1.58. The quantitative estimate of drug-likeness (QED) is 0.755. The summed E-state index contributed by atoms with van der Waals surface area (Å²) >= 11 is 0. The van der Waals surface area contributed by atoms with Gasteiger partial charge in [0.1, 0.15) is 11.8 Å². The summed E-state index contributed by atoms with van der Waals surface area (Å²) in [6.45, 7) is 9.53. The fourth-order valence-electron chi connectivity index (χ4n) is 1.78. The molecular formula is C14H21N3. The van der Waals surface area contributed by atoms with Gasteiger partial charge in [0.15, 0.2) is 0 Å². The Labute approximate surface area is 104 Å². The fourth-order valence-corrected chi connectivity index (χ4v) is 1.78. The van der Waals surface area contributed by atoms with Crippen molar-refractivity contribution in [1.29, 1.82) is 5.26 Å². The Kier molecular flexibility index (Phi) is 5.65. The maximum absolute atomic E-state index is 9.00. The van der Waals surface area contributed by atoms with Gasteiger partial charge in [0, 0.05) is 24.8 Å². The fraction of sp³-hybridized carbons (Fsp3) is 0.571. The molecule has 1 aromatic rings. The van der Waals surface area contributed by atoms with Crippen molar-refractivity contribution in [3.05, 3.63) is 29.6 Å². The zero-order chi connectivity index (χ0) is 12.7. The van der Waals surface area contributed by atoms with E-state index >= 15 is 0 Å². The Bertz CT molecular complexity index is 381. The van der Waals surface area contributed by atoms with Gasteiger partial charge in [0.2, 0.25) is 0 Å². The van der Waals surface area contributed by atoms with Crippen LogP contribution in [-0.2, 0) is 6.54 Å². The predicted molar refractivity (Wildman–Crippen MR) is 69.4 cm³/mol. The van der Waals surface area contributed by atoms with Crippen LogP contribution in [0.2, 0.25) is 0 Å². The lowest BCUT2D eigenvalue weighted by Gasteiger charge is -2.23. The summed E-state index contributed by atoms with van der Waals surface area (Å²) in [6, 6.07) is 6.04. The number of aromatic nitrogens is 1. The molecule has 0 aliphatic rings. The number of nitriles is 1. The number of hydrogen-bond donors (Lipinski definition) is 0. The average molecular weight is 231 g/mol. The van der Waals surface area contributed by atoms with Crippen LogP contribution in [0.4, 0.5) is 0 Å². The monoisotopic (exact) mass is 231 g/mol. The van der Waals surface area contributed by atoms with Crippen LogP contribution in [0.5, 0.6) is 0 Å². The van der Waals surface area contributed by atoms with Crippen molar-refractivity contribution < 1.29 is 0 Å². The van der Waals surface area contributed by atoms with Gasteiger partial charge in [-0.2, -0.15) is 5.26 Å². The van der Waals surface area contributed by atoms with E-state index in [0.717, 1.165) is 25.2 Å². The van der Waals surface area contributed by atoms with Crippen molar-refractivity contribution in [2.24, 2.45) is 5.92 Å². The molecule has 92 valence electrons. The molecule has 3 nitrogen and oxygen atoms in total. The molecule has 3 heteroatoms. The third-order valence-corrected chi connectivity index (χ3v) is 3.11. The summed E-state index contributed by atoms with van der Waals surface area (Å²) in [7, 11) is 0. The summed E-state index contributed by atoms with van der Waals surface area (Å²) in [5, 5.41) is 9.00. The minimum absolute atomic E-state index is 0.551. The number of hydrogen-bond acceptors (Lipinski definition) is 3. The molecule has 0 saturated heterocycles. The van der Waals surface area contributed by atoms with Crippen molar-refractivity contribution in [3.63, 3.8) is 0 Å². The summed E-state index contributed by atoms with van der Waals surface area (Å²) in [4.78, 5) is 6.46. The van der Waals surface area contributed by atoms with Crippen LogP contribution in [0, 0.1) is 17.2 Å². The van der Waals surface area contributed by atoms with Crippen LogP contribution < -0.4 is 0 Å². The van der Waals surface area contributed by atoms with E-state index in [-0.39, 0.29) is 0 Å². The summed E-state index contributed by atoms with van der Waals surface area (Å²) in [6.07, 6.45) is 2.86. The molecule has 0 amide bonds.